The number of carboxylic acids is 1. The van der Waals surface area contributed by atoms with E-state index in [-0.39, 0.29) is 12.4 Å². The van der Waals surface area contributed by atoms with Gasteiger partial charge in [-0.05, 0) is 41.1 Å². The number of hydrogen-bond acceptors (Lipinski definition) is 6. The third kappa shape index (κ3) is 5.03. The lowest BCUT2D eigenvalue weighted by Crippen LogP contribution is -2.11. The molecular weight excluding hydrogens is 299 g/mol. The van der Waals surface area contributed by atoms with Crippen LogP contribution < -0.4 is 4.74 Å². The fourth-order valence-electron chi connectivity index (χ4n) is 1.47. The van der Waals surface area contributed by atoms with Gasteiger partial charge in [-0.15, -0.1) is 5.10 Å². The summed E-state index contributed by atoms with van der Waals surface area (Å²) in [4.78, 5) is 10.6. The van der Waals surface area contributed by atoms with Crippen molar-refractivity contribution in [1.82, 2.24) is 20.2 Å². The Morgan fingerprint density at radius 1 is 1.38 bits per heavy atom. The monoisotopic (exact) mass is 312 g/mol. The molecule has 112 valence electrons. The van der Waals surface area contributed by atoms with Gasteiger partial charge in [-0.2, -0.15) is 0 Å². The highest BCUT2D eigenvalue weighted by Gasteiger charge is 2.09. The maximum Gasteiger partial charge on any atom is 0.325 e. The van der Waals surface area contributed by atoms with Crippen molar-refractivity contribution >= 4 is 17.7 Å². The SMILES string of the molecule is O=C(O)Cn1nnnc1SCCCOc1ccc(F)cc1. The van der Waals surface area contributed by atoms with Gasteiger partial charge in [-0.3, -0.25) is 4.79 Å². The first-order valence-corrected chi connectivity index (χ1v) is 7.13. The molecule has 0 radical (unpaired) electrons. The highest BCUT2D eigenvalue weighted by atomic mass is 32.2. The van der Waals surface area contributed by atoms with Crippen molar-refractivity contribution in [2.45, 2.75) is 18.1 Å². The summed E-state index contributed by atoms with van der Waals surface area (Å²) in [5, 5.41) is 19.9. The van der Waals surface area contributed by atoms with Gasteiger partial charge in [0.15, 0.2) is 0 Å². The second kappa shape index (κ2) is 7.58. The summed E-state index contributed by atoms with van der Waals surface area (Å²) >= 11 is 1.36. The minimum absolute atomic E-state index is 0.262. The molecule has 7 nitrogen and oxygen atoms in total. The van der Waals surface area contributed by atoms with E-state index in [4.69, 9.17) is 9.84 Å². The molecule has 0 aliphatic heterocycles. The quantitative estimate of drug-likeness (QED) is 0.583. The van der Waals surface area contributed by atoms with Crippen LogP contribution in [0, 0.1) is 5.82 Å². The molecule has 1 aromatic carbocycles. The van der Waals surface area contributed by atoms with Gasteiger partial charge in [-0.25, -0.2) is 9.07 Å². The van der Waals surface area contributed by atoms with Gasteiger partial charge >= 0.3 is 5.97 Å². The minimum atomic E-state index is -0.996. The zero-order chi connectivity index (χ0) is 15.1. The van der Waals surface area contributed by atoms with Crippen molar-refractivity contribution in [2.75, 3.05) is 12.4 Å². The first-order valence-electron chi connectivity index (χ1n) is 6.14. The molecule has 0 saturated carbocycles. The molecule has 21 heavy (non-hydrogen) atoms. The third-order valence-electron chi connectivity index (χ3n) is 2.39. The summed E-state index contributed by atoms with van der Waals surface area (Å²) in [6, 6.07) is 5.81. The van der Waals surface area contributed by atoms with Gasteiger partial charge in [0.2, 0.25) is 5.16 Å². The summed E-state index contributed by atoms with van der Waals surface area (Å²) in [7, 11) is 0. The number of carbonyl (C=O) groups is 1. The Morgan fingerprint density at radius 3 is 2.86 bits per heavy atom. The number of carboxylic acid groups (broad SMARTS) is 1. The molecule has 1 heterocycles. The maximum atomic E-state index is 12.7. The van der Waals surface area contributed by atoms with Crippen LogP contribution in [0.5, 0.6) is 5.75 Å². The van der Waals surface area contributed by atoms with Gasteiger partial charge < -0.3 is 9.84 Å². The van der Waals surface area contributed by atoms with Gasteiger partial charge in [0.1, 0.15) is 18.1 Å². The van der Waals surface area contributed by atoms with Gasteiger partial charge in [0, 0.05) is 5.75 Å². The van der Waals surface area contributed by atoms with E-state index in [1.54, 1.807) is 12.1 Å². The number of hydrogen-bond donors (Lipinski definition) is 1. The number of rotatable bonds is 8. The van der Waals surface area contributed by atoms with Crippen LogP contribution in [0.2, 0.25) is 0 Å². The van der Waals surface area contributed by atoms with Crippen LogP contribution in [-0.4, -0.2) is 43.6 Å². The zero-order valence-electron chi connectivity index (χ0n) is 11.0. The van der Waals surface area contributed by atoms with Crippen molar-refractivity contribution in [3.8, 4) is 5.75 Å². The molecule has 0 aliphatic rings. The molecule has 9 heteroatoms. The van der Waals surface area contributed by atoms with Crippen LogP contribution in [0.3, 0.4) is 0 Å². The fraction of sp³-hybridized carbons (Fsp3) is 0.333. The molecule has 0 amide bonds. The molecule has 1 N–H and O–H groups in total. The number of benzene rings is 1. The fourth-order valence-corrected chi connectivity index (χ4v) is 2.26. The van der Waals surface area contributed by atoms with Crippen LogP contribution in [-0.2, 0) is 11.3 Å². The van der Waals surface area contributed by atoms with Crippen molar-refractivity contribution < 1.29 is 19.0 Å². The number of nitrogens with zero attached hydrogens (tertiary/aromatic N) is 4. The van der Waals surface area contributed by atoms with Gasteiger partial charge in [0.25, 0.3) is 0 Å². The summed E-state index contributed by atoms with van der Waals surface area (Å²) in [5.74, 6) is -0.00894. The highest BCUT2D eigenvalue weighted by molar-refractivity contribution is 7.99. The second-order valence-electron chi connectivity index (χ2n) is 4.02. The smallest absolute Gasteiger partial charge is 0.325 e. The highest BCUT2D eigenvalue weighted by Crippen LogP contribution is 2.16. The van der Waals surface area contributed by atoms with Crippen molar-refractivity contribution in [1.29, 1.82) is 0 Å². The van der Waals surface area contributed by atoms with Gasteiger partial charge in [-0.1, -0.05) is 11.8 Å². The van der Waals surface area contributed by atoms with E-state index in [0.717, 1.165) is 6.42 Å². The van der Waals surface area contributed by atoms with E-state index in [1.165, 1.54) is 28.6 Å². The summed E-state index contributed by atoms with van der Waals surface area (Å²) in [6.45, 7) is 0.209. The Morgan fingerprint density at radius 2 is 2.14 bits per heavy atom. The number of aliphatic carboxylic acids is 1. The van der Waals surface area contributed by atoms with E-state index in [2.05, 4.69) is 15.5 Å². The summed E-state index contributed by atoms with van der Waals surface area (Å²) < 4.78 is 19.4. The lowest BCUT2D eigenvalue weighted by Gasteiger charge is -2.05. The van der Waals surface area contributed by atoms with E-state index in [1.807, 2.05) is 0 Å². The second-order valence-corrected chi connectivity index (χ2v) is 5.08. The minimum Gasteiger partial charge on any atom is -0.494 e. The first-order chi connectivity index (χ1) is 10.1. The topological polar surface area (TPSA) is 90.1 Å². The average molecular weight is 312 g/mol. The van der Waals surface area contributed by atoms with Crippen molar-refractivity contribution in [3.05, 3.63) is 30.1 Å². The zero-order valence-corrected chi connectivity index (χ0v) is 11.8. The average Bonchev–Trinajstić information content (AvgIpc) is 2.87. The Bertz CT molecular complexity index is 590. The number of thioether (sulfide) groups is 1. The molecule has 2 aromatic rings. The number of tetrazole rings is 1. The van der Waals surface area contributed by atoms with Crippen molar-refractivity contribution in [2.24, 2.45) is 0 Å². The normalized spacial score (nSPS) is 10.5. The Labute approximate surface area is 124 Å². The predicted octanol–water partition coefficient (Wildman–Crippen LogP) is 1.46. The molecule has 0 spiro atoms. The number of halogens is 1. The van der Waals surface area contributed by atoms with E-state index in [0.29, 0.717) is 23.3 Å². The summed E-state index contributed by atoms with van der Waals surface area (Å²) in [5.41, 5.74) is 0. The van der Waals surface area contributed by atoms with E-state index < -0.39 is 5.97 Å². The van der Waals surface area contributed by atoms with Crippen LogP contribution >= 0.6 is 11.8 Å². The molecule has 0 fully saturated rings. The van der Waals surface area contributed by atoms with Crippen LogP contribution in [0.4, 0.5) is 4.39 Å². The molecular formula is C12H13FN4O3S. The lowest BCUT2D eigenvalue weighted by molar-refractivity contribution is -0.138. The Balaban J connectivity index is 1.69. The van der Waals surface area contributed by atoms with E-state index >= 15 is 0 Å². The van der Waals surface area contributed by atoms with Crippen LogP contribution in [0.1, 0.15) is 6.42 Å². The van der Waals surface area contributed by atoms with Gasteiger partial charge in [0.05, 0.1) is 6.61 Å². The molecule has 0 unspecified atom stereocenters. The number of ether oxygens (including phenoxy) is 1. The maximum absolute atomic E-state index is 12.7. The lowest BCUT2D eigenvalue weighted by atomic mass is 10.3. The third-order valence-corrected chi connectivity index (χ3v) is 3.43. The van der Waals surface area contributed by atoms with Crippen LogP contribution in [0.15, 0.2) is 29.4 Å². The predicted molar refractivity (Wildman–Crippen MR) is 72.7 cm³/mol. The summed E-state index contributed by atoms with van der Waals surface area (Å²) in [6.07, 6.45) is 0.724. The number of aromatic nitrogens is 4. The molecule has 2 rings (SSSR count). The molecule has 0 saturated heterocycles. The van der Waals surface area contributed by atoms with Crippen molar-refractivity contribution in [3.63, 3.8) is 0 Å². The molecule has 0 atom stereocenters. The van der Waals surface area contributed by atoms with Crippen LogP contribution in [0.25, 0.3) is 0 Å². The molecule has 0 bridgehead atoms. The molecule has 1 aromatic heterocycles. The largest absolute Gasteiger partial charge is 0.494 e. The molecule has 0 aliphatic carbocycles. The first kappa shape index (κ1) is 15.2. The Kier molecular flexibility index (Phi) is 5.50. The standard InChI is InChI=1S/C12H13FN4O3S/c13-9-2-4-10(5-3-9)20-6-1-7-21-12-14-15-16-17(12)8-11(18)19/h2-5H,1,6-8H2,(H,18,19). The van der Waals surface area contributed by atoms with E-state index in [9.17, 15) is 9.18 Å². The Hall–Kier alpha value is -2.16.